The molecule has 4 nitrogen and oxygen atoms in total. The van der Waals surface area contributed by atoms with Crippen LogP contribution in [0.3, 0.4) is 0 Å². The number of carbonyl (C=O) groups is 1. The van der Waals surface area contributed by atoms with Crippen LogP contribution in [0.2, 0.25) is 0 Å². The van der Waals surface area contributed by atoms with E-state index in [1.54, 1.807) is 13.2 Å². The zero-order chi connectivity index (χ0) is 8.27. The highest BCUT2D eigenvalue weighted by Crippen LogP contribution is 2.10. The van der Waals surface area contributed by atoms with Crippen molar-refractivity contribution >= 4 is 17.2 Å². The molecule has 1 rings (SSSR count). The van der Waals surface area contributed by atoms with E-state index in [1.807, 2.05) is 6.92 Å². The SMILES string of the molecule is CNNC(=O)c1cnc(C)s1. The minimum Gasteiger partial charge on any atom is -0.287 e. The highest BCUT2D eigenvalue weighted by atomic mass is 32.1. The Morgan fingerprint density at radius 3 is 2.91 bits per heavy atom. The highest BCUT2D eigenvalue weighted by molar-refractivity contribution is 7.13. The van der Waals surface area contributed by atoms with Crippen LogP contribution in [-0.4, -0.2) is 17.9 Å². The first kappa shape index (κ1) is 8.16. The van der Waals surface area contributed by atoms with E-state index in [0.717, 1.165) is 5.01 Å². The summed E-state index contributed by atoms with van der Waals surface area (Å²) in [6, 6.07) is 0. The van der Waals surface area contributed by atoms with Gasteiger partial charge in [0.1, 0.15) is 4.88 Å². The Labute approximate surface area is 68.6 Å². The van der Waals surface area contributed by atoms with Crippen LogP contribution >= 0.6 is 11.3 Å². The van der Waals surface area contributed by atoms with Crippen LogP contribution in [0.1, 0.15) is 14.7 Å². The number of amides is 1. The van der Waals surface area contributed by atoms with Gasteiger partial charge in [0.15, 0.2) is 0 Å². The molecule has 0 spiro atoms. The lowest BCUT2D eigenvalue weighted by Crippen LogP contribution is -2.33. The first-order valence-electron chi connectivity index (χ1n) is 3.13. The van der Waals surface area contributed by atoms with Gasteiger partial charge in [-0.2, -0.15) is 0 Å². The Morgan fingerprint density at radius 1 is 1.73 bits per heavy atom. The monoisotopic (exact) mass is 171 g/mol. The Balaban J connectivity index is 2.69. The summed E-state index contributed by atoms with van der Waals surface area (Å²) < 4.78 is 0. The summed E-state index contributed by atoms with van der Waals surface area (Å²) in [5.74, 6) is -0.141. The summed E-state index contributed by atoms with van der Waals surface area (Å²) in [7, 11) is 1.64. The number of hydrazine groups is 1. The van der Waals surface area contributed by atoms with Crippen LogP contribution in [0, 0.1) is 6.92 Å². The molecule has 0 unspecified atom stereocenters. The second kappa shape index (κ2) is 3.45. The molecule has 0 aliphatic heterocycles. The van der Waals surface area contributed by atoms with Crippen molar-refractivity contribution in [3.8, 4) is 0 Å². The van der Waals surface area contributed by atoms with E-state index in [0.29, 0.717) is 4.88 Å². The summed E-state index contributed by atoms with van der Waals surface area (Å²) in [6.07, 6.45) is 1.56. The van der Waals surface area contributed by atoms with Crippen molar-refractivity contribution in [3.63, 3.8) is 0 Å². The van der Waals surface area contributed by atoms with Gasteiger partial charge >= 0.3 is 0 Å². The van der Waals surface area contributed by atoms with E-state index < -0.39 is 0 Å². The number of carbonyl (C=O) groups excluding carboxylic acids is 1. The molecule has 1 heterocycles. The number of rotatable bonds is 2. The van der Waals surface area contributed by atoms with Crippen LogP contribution in [0.15, 0.2) is 6.20 Å². The van der Waals surface area contributed by atoms with E-state index in [2.05, 4.69) is 15.8 Å². The van der Waals surface area contributed by atoms with Gasteiger partial charge in [-0.25, -0.2) is 10.4 Å². The van der Waals surface area contributed by atoms with Crippen LogP contribution in [-0.2, 0) is 0 Å². The number of aryl methyl sites for hydroxylation is 1. The molecule has 1 amide bonds. The van der Waals surface area contributed by atoms with Gasteiger partial charge in [0.05, 0.1) is 11.2 Å². The smallest absolute Gasteiger partial charge is 0.277 e. The van der Waals surface area contributed by atoms with Crippen molar-refractivity contribution in [2.75, 3.05) is 7.05 Å². The zero-order valence-corrected chi connectivity index (χ0v) is 7.16. The molecule has 60 valence electrons. The van der Waals surface area contributed by atoms with Crippen molar-refractivity contribution < 1.29 is 4.79 Å². The van der Waals surface area contributed by atoms with Crippen LogP contribution < -0.4 is 10.9 Å². The minimum atomic E-state index is -0.141. The Bertz CT molecular complexity index is 258. The van der Waals surface area contributed by atoms with Gasteiger partial charge in [0, 0.05) is 7.05 Å². The molecule has 1 aromatic rings. The fraction of sp³-hybridized carbons (Fsp3) is 0.333. The Hall–Kier alpha value is -0.940. The average molecular weight is 171 g/mol. The number of nitrogens with one attached hydrogen (secondary N) is 2. The second-order valence-corrected chi connectivity index (χ2v) is 3.18. The zero-order valence-electron chi connectivity index (χ0n) is 6.34. The molecule has 0 aromatic carbocycles. The fourth-order valence-corrected chi connectivity index (χ4v) is 1.31. The molecule has 2 N–H and O–H groups in total. The fourth-order valence-electron chi connectivity index (χ4n) is 0.641. The molecule has 0 aliphatic rings. The minimum absolute atomic E-state index is 0.141. The van der Waals surface area contributed by atoms with Gasteiger partial charge in [-0.3, -0.25) is 10.2 Å². The lowest BCUT2D eigenvalue weighted by atomic mass is 10.5. The highest BCUT2D eigenvalue weighted by Gasteiger charge is 2.06. The molecule has 0 bridgehead atoms. The van der Waals surface area contributed by atoms with E-state index in [-0.39, 0.29) is 5.91 Å². The third-order valence-corrected chi connectivity index (χ3v) is 2.00. The molecule has 0 saturated carbocycles. The molecular formula is C6H9N3OS. The predicted octanol–water partition coefficient (Wildman–Crippen LogP) is 0.316. The van der Waals surface area contributed by atoms with Gasteiger partial charge < -0.3 is 0 Å². The molecule has 1 aromatic heterocycles. The Kier molecular flexibility index (Phi) is 2.56. The summed E-state index contributed by atoms with van der Waals surface area (Å²) in [6.45, 7) is 1.86. The quantitative estimate of drug-likeness (QED) is 0.630. The molecule has 0 aliphatic carbocycles. The first-order chi connectivity index (χ1) is 5.24. The van der Waals surface area contributed by atoms with Gasteiger partial charge in [-0.05, 0) is 6.92 Å². The first-order valence-corrected chi connectivity index (χ1v) is 3.95. The maximum Gasteiger partial charge on any atom is 0.277 e. The van der Waals surface area contributed by atoms with E-state index >= 15 is 0 Å². The standard InChI is InChI=1S/C6H9N3OS/c1-4-8-3-5(11-4)6(10)9-7-2/h3,7H,1-2H3,(H,9,10). The maximum atomic E-state index is 11.1. The van der Waals surface area contributed by atoms with E-state index in [9.17, 15) is 4.79 Å². The van der Waals surface area contributed by atoms with Crippen molar-refractivity contribution in [1.82, 2.24) is 15.8 Å². The predicted molar refractivity (Wildman–Crippen MR) is 43.4 cm³/mol. The molecule has 11 heavy (non-hydrogen) atoms. The summed E-state index contributed by atoms with van der Waals surface area (Å²) in [4.78, 5) is 15.6. The van der Waals surface area contributed by atoms with Gasteiger partial charge in [-0.1, -0.05) is 0 Å². The molecule has 0 saturated heterocycles. The number of hydrogen-bond acceptors (Lipinski definition) is 4. The summed E-state index contributed by atoms with van der Waals surface area (Å²) in [5.41, 5.74) is 5.01. The van der Waals surface area contributed by atoms with Gasteiger partial charge in [0.25, 0.3) is 5.91 Å². The molecular weight excluding hydrogens is 162 g/mol. The third kappa shape index (κ3) is 1.99. The van der Waals surface area contributed by atoms with Crippen molar-refractivity contribution in [1.29, 1.82) is 0 Å². The largest absolute Gasteiger partial charge is 0.287 e. The molecule has 0 radical (unpaired) electrons. The number of aromatic nitrogens is 1. The molecule has 5 heteroatoms. The maximum absolute atomic E-state index is 11.1. The third-order valence-electron chi connectivity index (χ3n) is 1.08. The number of nitrogens with zero attached hydrogens (tertiary/aromatic N) is 1. The van der Waals surface area contributed by atoms with Crippen LogP contribution in [0.4, 0.5) is 0 Å². The van der Waals surface area contributed by atoms with Crippen LogP contribution in [0.25, 0.3) is 0 Å². The topological polar surface area (TPSA) is 54.0 Å². The normalized spacial score (nSPS) is 9.64. The van der Waals surface area contributed by atoms with Crippen molar-refractivity contribution in [3.05, 3.63) is 16.1 Å². The van der Waals surface area contributed by atoms with Crippen LogP contribution in [0.5, 0.6) is 0 Å². The molecule has 0 atom stereocenters. The van der Waals surface area contributed by atoms with Gasteiger partial charge in [0.2, 0.25) is 0 Å². The number of hydrogen-bond donors (Lipinski definition) is 2. The van der Waals surface area contributed by atoms with Gasteiger partial charge in [-0.15, -0.1) is 11.3 Å². The lowest BCUT2D eigenvalue weighted by Gasteiger charge is -1.97. The van der Waals surface area contributed by atoms with E-state index in [4.69, 9.17) is 0 Å². The summed E-state index contributed by atoms with van der Waals surface area (Å²) >= 11 is 1.37. The average Bonchev–Trinajstić information content (AvgIpc) is 2.36. The Morgan fingerprint density at radius 2 is 2.45 bits per heavy atom. The van der Waals surface area contributed by atoms with Crippen molar-refractivity contribution in [2.24, 2.45) is 0 Å². The summed E-state index contributed by atoms with van der Waals surface area (Å²) in [5, 5.41) is 0.895. The second-order valence-electron chi connectivity index (χ2n) is 1.95. The lowest BCUT2D eigenvalue weighted by molar-refractivity contribution is 0.0942. The molecule has 0 fully saturated rings. The van der Waals surface area contributed by atoms with E-state index in [1.165, 1.54) is 11.3 Å². The number of thiazole rings is 1. The van der Waals surface area contributed by atoms with Crippen molar-refractivity contribution in [2.45, 2.75) is 6.92 Å².